The van der Waals surface area contributed by atoms with Gasteiger partial charge in [0, 0.05) is 7.05 Å². The summed E-state index contributed by atoms with van der Waals surface area (Å²) in [6.45, 7) is 0.0625. The Morgan fingerprint density at radius 2 is 2.43 bits per heavy atom. The van der Waals surface area contributed by atoms with Gasteiger partial charge in [0.15, 0.2) is 0 Å². The third-order valence-corrected chi connectivity index (χ3v) is 2.03. The Morgan fingerprint density at radius 1 is 1.71 bits per heavy atom. The first-order valence-corrected chi connectivity index (χ1v) is 4.69. The van der Waals surface area contributed by atoms with Gasteiger partial charge in [0.25, 0.3) is 5.91 Å². The number of carbonyl (C=O) groups excluding carboxylic acids is 1. The molecule has 0 N–H and O–H groups in total. The van der Waals surface area contributed by atoms with Crippen LogP contribution in [0.5, 0.6) is 0 Å². The largest absolute Gasteiger partial charge is 0.327 e. The second-order valence-corrected chi connectivity index (χ2v) is 3.48. The van der Waals surface area contributed by atoms with Gasteiger partial charge in [-0.25, -0.2) is 4.98 Å². The van der Waals surface area contributed by atoms with E-state index >= 15 is 0 Å². The number of nitrogens with zero attached hydrogens (tertiary/aromatic N) is 3. The van der Waals surface area contributed by atoms with Crippen LogP contribution in [-0.4, -0.2) is 29.4 Å². The molecule has 5 heteroatoms. The molecule has 1 amide bonds. The van der Waals surface area contributed by atoms with Crippen molar-refractivity contribution in [2.75, 3.05) is 13.6 Å². The molecule has 0 aromatic carbocycles. The van der Waals surface area contributed by atoms with Crippen LogP contribution in [0.15, 0.2) is 22.8 Å². The average molecular weight is 254 g/mol. The molecule has 0 bridgehead atoms. The minimum absolute atomic E-state index is 0.0625. The fraction of sp³-hybridized carbons (Fsp3) is 0.222. The summed E-state index contributed by atoms with van der Waals surface area (Å²) in [5.74, 6) is -0.257. The first-order chi connectivity index (χ1) is 6.65. The van der Waals surface area contributed by atoms with Crippen molar-refractivity contribution in [3.05, 3.63) is 28.5 Å². The summed E-state index contributed by atoms with van der Waals surface area (Å²) in [4.78, 5) is 16.9. The van der Waals surface area contributed by atoms with Crippen molar-refractivity contribution in [3.8, 4) is 6.07 Å². The third-order valence-electron chi connectivity index (χ3n) is 1.59. The highest BCUT2D eigenvalue weighted by molar-refractivity contribution is 9.10. The smallest absolute Gasteiger partial charge is 0.273 e. The summed E-state index contributed by atoms with van der Waals surface area (Å²) in [6.07, 6.45) is 0. The number of carbonyl (C=O) groups is 1. The number of halogens is 1. The number of aromatic nitrogens is 1. The van der Waals surface area contributed by atoms with Gasteiger partial charge in [0.05, 0.1) is 6.07 Å². The summed E-state index contributed by atoms with van der Waals surface area (Å²) < 4.78 is 0.605. The lowest BCUT2D eigenvalue weighted by Gasteiger charge is -2.11. The van der Waals surface area contributed by atoms with Crippen LogP contribution in [-0.2, 0) is 0 Å². The normalized spacial score (nSPS) is 9.21. The zero-order valence-electron chi connectivity index (χ0n) is 7.57. The van der Waals surface area contributed by atoms with Gasteiger partial charge < -0.3 is 4.90 Å². The summed E-state index contributed by atoms with van der Waals surface area (Å²) in [6, 6.07) is 6.97. The summed E-state index contributed by atoms with van der Waals surface area (Å²) in [7, 11) is 1.56. The van der Waals surface area contributed by atoms with Gasteiger partial charge in [0.2, 0.25) is 0 Å². The predicted molar refractivity (Wildman–Crippen MR) is 54.5 cm³/mol. The van der Waals surface area contributed by atoms with Gasteiger partial charge in [-0.05, 0) is 28.1 Å². The molecule has 1 heterocycles. The van der Waals surface area contributed by atoms with Crippen molar-refractivity contribution in [1.82, 2.24) is 9.88 Å². The highest BCUT2D eigenvalue weighted by Gasteiger charge is 2.12. The second kappa shape index (κ2) is 4.72. The molecule has 0 fully saturated rings. The molecule has 0 aliphatic rings. The Morgan fingerprint density at radius 3 is 3.00 bits per heavy atom. The maximum absolute atomic E-state index is 11.6. The Labute approximate surface area is 90.3 Å². The van der Waals surface area contributed by atoms with Gasteiger partial charge in [0.1, 0.15) is 16.8 Å². The highest BCUT2D eigenvalue weighted by Crippen LogP contribution is 2.07. The van der Waals surface area contributed by atoms with Crippen LogP contribution in [0, 0.1) is 11.3 Å². The van der Waals surface area contributed by atoms with E-state index in [-0.39, 0.29) is 12.5 Å². The van der Waals surface area contributed by atoms with Crippen LogP contribution < -0.4 is 0 Å². The lowest BCUT2D eigenvalue weighted by Crippen LogP contribution is -2.27. The van der Waals surface area contributed by atoms with E-state index in [1.165, 1.54) is 4.90 Å². The molecule has 0 atom stereocenters. The fourth-order valence-corrected chi connectivity index (χ4v) is 1.24. The molecule has 1 aromatic rings. The molecule has 0 aliphatic carbocycles. The van der Waals surface area contributed by atoms with Crippen molar-refractivity contribution >= 4 is 21.8 Å². The van der Waals surface area contributed by atoms with Gasteiger partial charge in [-0.1, -0.05) is 6.07 Å². The van der Waals surface area contributed by atoms with Gasteiger partial charge in [-0.15, -0.1) is 0 Å². The molecule has 72 valence electrons. The first-order valence-electron chi connectivity index (χ1n) is 3.90. The molecule has 1 aromatic heterocycles. The van der Waals surface area contributed by atoms with Crippen molar-refractivity contribution in [2.45, 2.75) is 0 Å². The highest BCUT2D eigenvalue weighted by atomic mass is 79.9. The fourth-order valence-electron chi connectivity index (χ4n) is 0.901. The molecule has 0 saturated carbocycles. The summed E-state index contributed by atoms with van der Waals surface area (Å²) in [5, 5.41) is 8.41. The van der Waals surface area contributed by atoms with Gasteiger partial charge >= 0.3 is 0 Å². The maximum Gasteiger partial charge on any atom is 0.273 e. The predicted octanol–water partition coefficient (Wildman–Crippen LogP) is 1.44. The van der Waals surface area contributed by atoms with E-state index in [4.69, 9.17) is 5.26 Å². The third kappa shape index (κ3) is 2.54. The number of hydrogen-bond acceptors (Lipinski definition) is 3. The van der Waals surface area contributed by atoms with Crippen molar-refractivity contribution in [3.63, 3.8) is 0 Å². The van der Waals surface area contributed by atoms with Crippen LogP contribution in [0.3, 0.4) is 0 Å². The van der Waals surface area contributed by atoms with Crippen LogP contribution >= 0.6 is 15.9 Å². The van der Waals surface area contributed by atoms with E-state index in [1.54, 1.807) is 25.2 Å². The lowest BCUT2D eigenvalue weighted by atomic mass is 10.3. The minimum atomic E-state index is -0.257. The lowest BCUT2D eigenvalue weighted by molar-refractivity contribution is 0.0806. The molecule has 0 unspecified atom stereocenters. The van der Waals surface area contributed by atoms with E-state index in [2.05, 4.69) is 20.9 Å². The molecule has 0 spiro atoms. The van der Waals surface area contributed by atoms with E-state index in [0.29, 0.717) is 10.3 Å². The van der Waals surface area contributed by atoms with E-state index < -0.39 is 0 Å². The standard InChI is InChI=1S/C9H8BrN3O/c1-13(6-5-11)9(14)7-3-2-4-8(10)12-7/h2-4H,6H2,1H3. The molecule has 14 heavy (non-hydrogen) atoms. The number of hydrogen-bond donors (Lipinski definition) is 0. The average Bonchev–Trinajstić information content (AvgIpc) is 2.17. The molecule has 1 rings (SSSR count). The summed E-state index contributed by atoms with van der Waals surface area (Å²) >= 11 is 3.17. The first kappa shape index (κ1) is 10.7. The SMILES string of the molecule is CN(CC#N)C(=O)c1cccc(Br)n1. The van der Waals surface area contributed by atoms with E-state index in [9.17, 15) is 4.79 Å². The second-order valence-electron chi connectivity index (χ2n) is 2.66. The maximum atomic E-state index is 11.6. The zero-order chi connectivity index (χ0) is 10.6. The van der Waals surface area contributed by atoms with Crippen LogP contribution in [0.4, 0.5) is 0 Å². The Hall–Kier alpha value is -1.41. The molecule has 4 nitrogen and oxygen atoms in total. The van der Waals surface area contributed by atoms with Crippen molar-refractivity contribution < 1.29 is 4.79 Å². The van der Waals surface area contributed by atoms with Crippen LogP contribution in [0.25, 0.3) is 0 Å². The molecule has 0 aliphatic heterocycles. The monoisotopic (exact) mass is 253 g/mol. The molecule has 0 saturated heterocycles. The van der Waals surface area contributed by atoms with E-state index in [0.717, 1.165) is 0 Å². The van der Waals surface area contributed by atoms with Gasteiger partial charge in [-0.3, -0.25) is 4.79 Å². The number of nitriles is 1. The molecular formula is C9H8BrN3O. The molecule has 0 radical (unpaired) electrons. The Kier molecular flexibility index (Phi) is 3.60. The zero-order valence-corrected chi connectivity index (χ0v) is 9.15. The Bertz CT molecular complexity index is 386. The van der Waals surface area contributed by atoms with Crippen molar-refractivity contribution in [2.24, 2.45) is 0 Å². The Balaban J connectivity index is 2.85. The minimum Gasteiger partial charge on any atom is -0.327 e. The van der Waals surface area contributed by atoms with Gasteiger partial charge in [-0.2, -0.15) is 5.26 Å². The van der Waals surface area contributed by atoms with Crippen LogP contribution in [0.2, 0.25) is 0 Å². The quantitative estimate of drug-likeness (QED) is 0.592. The topological polar surface area (TPSA) is 57.0 Å². The van der Waals surface area contributed by atoms with Crippen molar-refractivity contribution in [1.29, 1.82) is 5.26 Å². The van der Waals surface area contributed by atoms with E-state index in [1.807, 2.05) is 6.07 Å². The van der Waals surface area contributed by atoms with Crippen LogP contribution in [0.1, 0.15) is 10.5 Å². The number of pyridine rings is 1. The summed E-state index contributed by atoms with van der Waals surface area (Å²) in [5.41, 5.74) is 0.331. The number of rotatable bonds is 2. The number of amides is 1. The molecular weight excluding hydrogens is 246 g/mol.